The Kier molecular flexibility index (Phi) is 14.5. The van der Waals surface area contributed by atoms with Gasteiger partial charge in [-0.25, -0.2) is 19.9 Å². The monoisotopic (exact) mass is 1280 g/mol. The van der Waals surface area contributed by atoms with Crippen molar-refractivity contribution in [3.63, 3.8) is 0 Å². The van der Waals surface area contributed by atoms with E-state index < -0.39 is 0 Å². The first-order valence-electron chi connectivity index (χ1n) is 33.7. The van der Waals surface area contributed by atoms with Crippen LogP contribution in [0.15, 0.2) is 322 Å². The molecule has 0 aliphatic heterocycles. The Balaban J connectivity index is 0.000000147. The average Bonchev–Trinajstić information content (AvgIpc) is 1.20. The fourth-order valence-electron chi connectivity index (χ4n) is 14.4. The summed E-state index contributed by atoms with van der Waals surface area (Å²) in [4.78, 5) is 39.7. The zero-order valence-corrected chi connectivity index (χ0v) is 55.1. The van der Waals surface area contributed by atoms with Crippen LogP contribution in [0.1, 0.15) is 26.3 Å². The van der Waals surface area contributed by atoms with Crippen LogP contribution in [0.25, 0.3) is 177 Å². The van der Waals surface area contributed by atoms with E-state index in [1.165, 1.54) is 37.9 Å². The van der Waals surface area contributed by atoms with Crippen LogP contribution < -0.4 is 0 Å². The standard InChI is InChI=1S/C50H37N5.C40H25N5/c1-50(2,3)36-21-19-32(20-22-36)34-27-44(54-49(30-34)55-47-18-9-8-16-40(47)41-23-25-51-31-48(41)55)35-28-45(53-46(29-35)43-17-10-11-24-52-43)42-26-33-12-4-5-13-37(33)38-14-6-7-15-39(38)42;1-2-11-28-26(10-1)22-32(30-13-4-3-12-29(28)30)36-23-27(24-37(43-36)35-15-7-8-20-42-35)34-16-9-18-40(44-34)45-38-17-6-5-14-31(38)33-25-41-21-19-39(33)45/h4-31H,1-3H3;1-25H. The lowest BCUT2D eigenvalue weighted by molar-refractivity contribution is 0.590. The molecule has 10 heteroatoms. The minimum atomic E-state index is 0.0469. The molecule has 472 valence electrons. The molecule has 0 amide bonds. The van der Waals surface area contributed by atoms with Crippen LogP contribution in [0.5, 0.6) is 0 Å². The van der Waals surface area contributed by atoms with E-state index in [0.29, 0.717) is 0 Å². The fraction of sp³-hybridized carbons (Fsp3) is 0.0444. The lowest BCUT2D eigenvalue weighted by Gasteiger charge is -2.19. The number of para-hydroxylation sites is 2. The third-order valence-electron chi connectivity index (χ3n) is 19.2. The van der Waals surface area contributed by atoms with Crippen molar-refractivity contribution in [2.24, 2.45) is 0 Å². The molecule has 10 heterocycles. The van der Waals surface area contributed by atoms with Gasteiger partial charge in [-0.2, -0.15) is 0 Å². The zero-order valence-electron chi connectivity index (χ0n) is 55.1. The summed E-state index contributed by atoms with van der Waals surface area (Å²) in [5, 5.41) is 14.1. The SMILES string of the molecule is CC(C)(C)c1ccc(-c2cc(-c3cc(-c4ccccn4)nc(-c4cc5ccccc5c5ccccc45)c3)nc(-n3c4ccccc4c4ccncc43)c2)cc1.c1ccc(-c2cc(-c3cccc(-n4c5ccccc5c5cnccc54)n3)cc(-c3cc4ccccc4c4ccccc34)n2)nc1. The summed E-state index contributed by atoms with van der Waals surface area (Å²) in [6.07, 6.45) is 11.2. The average molecular weight is 1280 g/mol. The lowest BCUT2D eigenvalue weighted by Crippen LogP contribution is -2.10. The Morgan fingerprint density at radius 3 is 1.29 bits per heavy atom. The van der Waals surface area contributed by atoms with Gasteiger partial charge in [0.05, 0.1) is 73.8 Å². The van der Waals surface area contributed by atoms with Crippen molar-refractivity contribution < 1.29 is 0 Å². The summed E-state index contributed by atoms with van der Waals surface area (Å²) in [6.45, 7) is 6.75. The second-order valence-electron chi connectivity index (χ2n) is 26.4. The first-order chi connectivity index (χ1) is 49.2. The van der Waals surface area contributed by atoms with Gasteiger partial charge in [0.1, 0.15) is 11.6 Å². The Morgan fingerprint density at radius 2 is 0.700 bits per heavy atom. The quantitative estimate of drug-likeness (QED) is 0.131. The first kappa shape index (κ1) is 59.3. The molecule has 9 aromatic carbocycles. The Bertz CT molecular complexity index is 6280. The predicted octanol–water partition coefficient (Wildman–Crippen LogP) is 22.3. The van der Waals surface area contributed by atoms with Gasteiger partial charge in [0.2, 0.25) is 0 Å². The van der Waals surface area contributed by atoms with E-state index in [1.807, 2.05) is 73.6 Å². The molecule has 10 nitrogen and oxygen atoms in total. The largest absolute Gasteiger partial charge is 0.294 e. The predicted molar refractivity (Wildman–Crippen MR) is 411 cm³/mol. The van der Waals surface area contributed by atoms with E-state index in [1.54, 1.807) is 0 Å². The summed E-state index contributed by atoms with van der Waals surface area (Å²) < 4.78 is 4.46. The van der Waals surface area contributed by atoms with Gasteiger partial charge in [0.25, 0.3) is 0 Å². The molecular formula is C90H62N10. The molecule has 0 saturated heterocycles. The summed E-state index contributed by atoms with van der Waals surface area (Å²) in [7, 11) is 0. The van der Waals surface area contributed by atoms with Crippen molar-refractivity contribution in [1.29, 1.82) is 0 Å². The molecule has 0 radical (unpaired) electrons. The Morgan fingerprint density at radius 1 is 0.250 bits per heavy atom. The number of benzene rings is 9. The summed E-state index contributed by atoms with van der Waals surface area (Å²) >= 11 is 0. The molecule has 0 fully saturated rings. The molecular weight excluding hydrogens is 1220 g/mol. The van der Waals surface area contributed by atoms with Crippen LogP contribution in [0.4, 0.5) is 0 Å². The second-order valence-corrected chi connectivity index (χ2v) is 26.4. The summed E-state index contributed by atoms with van der Waals surface area (Å²) in [6, 6.07) is 99.9. The van der Waals surface area contributed by atoms with Crippen LogP contribution in [-0.2, 0) is 5.41 Å². The van der Waals surface area contributed by atoms with Crippen molar-refractivity contribution in [3.8, 4) is 90.6 Å². The highest BCUT2D eigenvalue weighted by molar-refractivity contribution is 6.15. The second kappa shape index (κ2) is 24.5. The number of nitrogens with zero attached hydrogens (tertiary/aromatic N) is 10. The maximum Gasteiger partial charge on any atom is 0.138 e. The molecule has 0 aliphatic rings. The molecule has 10 aromatic heterocycles. The van der Waals surface area contributed by atoms with E-state index in [4.69, 9.17) is 24.9 Å². The molecule has 100 heavy (non-hydrogen) atoms. The first-order valence-corrected chi connectivity index (χ1v) is 33.7. The molecule has 0 aliphatic carbocycles. The number of hydrogen-bond donors (Lipinski definition) is 0. The van der Waals surface area contributed by atoms with Crippen LogP contribution >= 0.6 is 0 Å². The smallest absolute Gasteiger partial charge is 0.138 e. The topological polar surface area (TPSA) is 113 Å². The summed E-state index contributed by atoms with van der Waals surface area (Å²) in [5.74, 6) is 1.67. The van der Waals surface area contributed by atoms with Crippen molar-refractivity contribution in [2.75, 3.05) is 0 Å². The van der Waals surface area contributed by atoms with Gasteiger partial charge in [-0.3, -0.25) is 29.1 Å². The Hall–Kier alpha value is -13.2. The van der Waals surface area contributed by atoms with Gasteiger partial charge in [-0.1, -0.05) is 197 Å². The number of rotatable bonds is 9. The van der Waals surface area contributed by atoms with Gasteiger partial charge in [-0.15, -0.1) is 0 Å². The number of fused-ring (bicyclic) bond motifs is 12. The molecule has 0 saturated carbocycles. The van der Waals surface area contributed by atoms with Gasteiger partial charge in [0.15, 0.2) is 0 Å². The lowest BCUT2D eigenvalue weighted by atomic mass is 9.86. The van der Waals surface area contributed by atoms with E-state index >= 15 is 0 Å². The van der Waals surface area contributed by atoms with Crippen LogP contribution in [-0.4, -0.2) is 49.0 Å². The molecule has 0 unspecified atom stereocenters. The summed E-state index contributed by atoms with van der Waals surface area (Å²) in [5.41, 5.74) is 18.5. The van der Waals surface area contributed by atoms with E-state index in [9.17, 15) is 0 Å². The van der Waals surface area contributed by atoms with Crippen LogP contribution in [0.3, 0.4) is 0 Å². The van der Waals surface area contributed by atoms with Crippen molar-refractivity contribution in [3.05, 3.63) is 328 Å². The van der Waals surface area contributed by atoms with Gasteiger partial charge >= 0.3 is 0 Å². The molecule has 19 aromatic rings. The fourth-order valence-corrected chi connectivity index (χ4v) is 14.4. The van der Waals surface area contributed by atoms with Crippen LogP contribution in [0, 0.1) is 0 Å². The highest BCUT2D eigenvalue weighted by Gasteiger charge is 2.22. The minimum Gasteiger partial charge on any atom is -0.294 e. The number of pyridine rings is 8. The minimum absolute atomic E-state index is 0.0469. The van der Waals surface area contributed by atoms with Gasteiger partial charge < -0.3 is 0 Å². The number of hydrogen-bond acceptors (Lipinski definition) is 8. The van der Waals surface area contributed by atoms with E-state index in [-0.39, 0.29) is 5.41 Å². The third-order valence-corrected chi connectivity index (χ3v) is 19.2. The third kappa shape index (κ3) is 10.6. The molecule has 0 bridgehead atoms. The van der Waals surface area contributed by atoms with Crippen molar-refractivity contribution >= 4 is 86.7 Å². The normalized spacial score (nSPS) is 11.8. The van der Waals surface area contributed by atoms with E-state index in [0.717, 1.165) is 145 Å². The zero-order chi connectivity index (χ0) is 66.8. The molecule has 0 atom stereocenters. The maximum absolute atomic E-state index is 5.50. The molecule has 0 spiro atoms. The maximum atomic E-state index is 5.50. The number of aromatic nitrogens is 10. The van der Waals surface area contributed by atoms with Crippen molar-refractivity contribution in [2.45, 2.75) is 26.2 Å². The molecule has 19 rings (SSSR count). The Labute approximate surface area is 577 Å². The highest BCUT2D eigenvalue weighted by Crippen LogP contribution is 2.42. The van der Waals surface area contributed by atoms with E-state index in [2.05, 4.69) is 294 Å². The van der Waals surface area contributed by atoms with Gasteiger partial charge in [0, 0.05) is 74.8 Å². The van der Waals surface area contributed by atoms with Crippen LogP contribution in [0.2, 0.25) is 0 Å². The molecule has 0 N–H and O–H groups in total. The van der Waals surface area contributed by atoms with Crippen molar-refractivity contribution in [1.82, 2.24) is 49.0 Å². The highest BCUT2D eigenvalue weighted by atomic mass is 15.1. The van der Waals surface area contributed by atoms with Gasteiger partial charge in [-0.05, 0) is 174 Å².